The molecule has 1 unspecified atom stereocenters. The van der Waals surface area contributed by atoms with Crippen LogP contribution in [0.25, 0.3) is 0 Å². The summed E-state index contributed by atoms with van der Waals surface area (Å²) >= 11 is 5.95. The molecule has 1 fully saturated rings. The number of rotatable bonds is 2. The Labute approximate surface area is 105 Å². The van der Waals surface area contributed by atoms with Crippen molar-refractivity contribution in [2.75, 3.05) is 24.7 Å². The topological polar surface area (TPSA) is 49.8 Å². The van der Waals surface area contributed by atoms with Gasteiger partial charge in [0.1, 0.15) is 5.56 Å². The summed E-state index contributed by atoms with van der Waals surface area (Å²) in [6, 6.07) is 5.31. The van der Waals surface area contributed by atoms with Crippen molar-refractivity contribution in [3.8, 4) is 0 Å². The van der Waals surface area contributed by atoms with Gasteiger partial charge in [-0.05, 0) is 19.1 Å². The molecule has 0 aromatic heterocycles. The molecule has 1 atom stereocenters. The van der Waals surface area contributed by atoms with Crippen molar-refractivity contribution in [3.63, 3.8) is 0 Å². The molecule has 1 heterocycles. The standard InChI is InChI=1S/C12H14ClNO3/c1-8-7-17-6-5-14(8)10-4-2-3-9(13)11(10)12(15)16/h2-4,8H,5-7H2,1H3,(H,15,16). The van der Waals surface area contributed by atoms with Crippen molar-refractivity contribution in [1.82, 2.24) is 0 Å². The molecule has 0 bridgehead atoms. The summed E-state index contributed by atoms with van der Waals surface area (Å²) in [7, 11) is 0. The first-order valence-electron chi connectivity index (χ1n) is 5.47. The fraction of sp³-hybridized carbons (Fsp3) is 0.417. The van der Waals surface area contributed by atoms with Gasteiger partial charge in [-0.25, -0.2) is 4.79 Å². The van der Waals surface area contributed by atoms with Crippen molar-refractivity contribution in [3.05, 3.63) is 28.8 Å². The number of halogens is 1. The largest absolute Gasteiger partial charge is 0.478 e. The average Bonchev–Trinajstić information content (AvgIpc) is 2.28. The normalized spacial score (nSPS) is 20.4. The second-order valence-electron chi connectivity index (χ2n) is 4.06. The number of ether oxygens (including phenoxy) is 1. The maximum absolute atomic E-state index is 11.2. The van der Waals surface area contributed by atoms with Crippen LogP contribution < -0.4 is 4.90 Å². The van der Waals surface area contributed by atoms with E-state index in [-0.39, 0.29) is 16.6 Å². The zero-order valence-electron chi connectivity index (χ0n) is 9.52. The van der Waals surface area contributed by atoms with Crippen molar-refractivity contribution >= 4 is 23.3 Å². The number of carboxylic acids is 1. The number of carboxylic acid groups (broad SMARTS) is 1. The summed E-state index contributed by atoms with van der Waals surface area (Å²) < 4.78 is 5.34. The Balaban J connectivity index is 2.43. The van der Waals surface area contributed by atoms with E-state index in [9.17, 15) is 9.90 Å². The van der Waals surface area contributed by atoms with Crippen molar-refractivity contribution in [1.29, 1.82) is 0 Å². The van der Waals surface area contributed by atoms with Crippen molar-refractivity contribution < 1.29 is 14.6 Å². The van der Waals surface area contributed by atoms with Crippen LogP contribution in [0.15, 0.2) is 18.2 Å². The van der Waals surface area contributed by atoms with Gasteiger partial charge in [-0.15, -0.1) is 0 Å². The third kappa shape index (κ3) is 2.37. The maximum Gasteiger partial charge on any atom is 0.339 e. The quantitative estimate of drug-likeness (QED) is 0.881. The van der Waals surface area contributed by atoms with E-state index in [1.807, 2.05) is 11.8 Å². The summed E-state index contributed by atoms with van der Waals surface area (Å²) in [6.45, 7) is 3.90. The summed E-state index contributed by atoms with van der Waals surface area (Å²) in [4.78, 5) is 13.3. The van der Waals surface area contributed by atoms with E-state index < -0.39 is 5.97 Å². The van der Waals surface area contributed by atoms with Crippen LogP contribution in [0.3, 0.4) is 0 Å². The van der Waals surface area contributed by atoms with E-state index in [2.05, 4.69) is 0 Å². The Kier molecular flexibility index (Phi) is 3.54. The molecule has 1 N–H and O–H groups in total. The molecule has 1 aliphatic rings. The minimum absolute atomic E-state index is 0.153. The Hall–Kier alpha value is -1.26. The van der Waals surface area contributed by atoms with Crippen LogP contribution in [0.5, 0.6) is 0 Å². The lowest BCUT2D eigenvalue weighted by molar-refractivity contribution is 0.0695. The van der Waals surface area contributed by atoms with Gasteiger partial charge in [0.15, 0.2) is 0 Å². The number of carbonyl (C=O) groups is 1. The van der Waals surface area contributed by atoms with Crippen LogP contribution in [0, 0.1) is 0 Å². The average molecular weight is 256 g/mol. The number of hydrogen-bond donors (Lipinski definition) is 1. The molecule has 0 saturated carbocycles. The Morgan fingerprint density at radius 1 is 1.59 bits per heavy atom. The van der Waals surface area contributed by atoms with E-state index in [0.29, 0.717) is 25.4 Å². The van der Waals surface area contributed by atoms with Crippen LogP contribution in [0.2, 0.25) is 5.02 Å². The van der Waals surface area contributed by atoms with Gasteiger partial charge in [0.25, 0.3) is 0 Å². The third-order valence-electron chi connectivity index (χ3n) is 2.88. The van der Waals surface area contributed by atoms with Crippen LogP contribution in [0.1, 0.15) is 17.3 Å². The molecule has 1 aliphatic heterocycles. The van der Waals surface area contributed by atoms with Crippen LogP contribution in [-0.2, 0) is 4.74 Å². The number of nitrogens with zero attached hydrogens (tertiary/aromatic N) is 1. The first-order chi connectivity index (χ1) is 8.11. The molecule has 1 aromatic carbocycles. The number of morpholine rings is 1. The van der Waals surface area contributed by atoms with E-state index in [4.69, 9.17) is 16.3 Å². The molecular formula is C12H14ClNO3. The summed E-state index contributed by atoms with van der Waals surface area (Å²) in [5.74, 6) is -0.996. The number of aromatic carboxylic acids is 1. The lowest BCUT2D eigenvalue weighted by Crippen LogP contribution is -2.44. The van der Waals surface area contributed by atoms with E-state index in [0.717, 1.165) is 0 Å². The Morgan fingerprint density at radius 3 is 3.00 bits per heavy atom. The van der Waals surface area contributed by atoms with Crippen molar-refractivity contribution in [2.45, 2.75) is 13.0 Å². The minimum Gasteiger partial charge on any atom is -0.478 e. The highest BCUT2D eigenvalue weighted by Crippen LogP contribution is 2.29. The lowest BCUT2D eigenvalue weighted by atomic mass is 10.1. The predicted octanol–water partition coefficient (Wildman–Crippen LogP) is 2.26. The molecule has 17 heavy (non-hydrogen) atoms. The Bertz CT molecular complexity index is 436. The van der Waals surface area contributed by atoms with E-state index in [1.165, 1.54) is 0 Å². The molecule has 2 rings (SSSR count). The van der Waals surface area contributed by atoms with E-state index in [1.54, 1.807) is 18.2 Å². The highest BCUT2D eigenvalue weighted by Gasteiger charge is 2.24. The molecule has 92 valence electrons. The van der Waals surface area contributed by atoms with Gasteiger partial charge in [-0.3, -0.25) is 0 Å². The maximum atomic E-state index is 11.2. The molecule has 0 radical (unpaired) electrons. The lowest BCUT2D eigenvalue weighted by Gasteiger charge is -2.36. The molecule has 4 nitrogen and oxygen atoms in total. The van der Waals surface area contributed by atoms with Gasteiger partial charge < -0.3 is 14.7 Å². The summed E-state index contributed by atoms with van der Waals surface area (Å²) in [6.07, 6.45) is 0. The minimum atomic E-state index is -0.996. The van der Waals surface area contributed by atoms with Gasteiger partial charge in [0.05, 0.1) is 23.9 Å². The molecule has 0 spiro atoms. The predicted molar refractivity (Wildman–Crippen MR) is 66.0 cm³/mol. The fourth-order valence-electron chi connectivity index (χ4n) is 2.05. The second kappa shape index (κ2) is 4.94. The Morgan fingerprint density at radius 2 is 2.35 bits per heavy atom. The first-order valence-corrected chi connectivity index (χ1v) is 5.85. The van der Waals surface area contributed by atoms with E-state index >= 15 is 0 Å². The van der Waals surface area contributed by atoms with Gasteiger partial charge in [0.2, 0.25) is 0 Å². The smallest absolute Gasteiger partial charge is 0.339 e. The molecule has 0 aliphatic carbocycles. The van der Waals surface area contributed by atoms with Gasteiger partial charge in [-0.2, -0.15) is 0 Å². The zero-order chi connectivity index (χ0) is 12.4. The van der Waals surface area contributed by atoms with Crippen LogP contribution in [-0.4, -0.2) is 36.9 Å². The number of benzene rings is 1. The fourth-order valence-corrected chi connectivity index (χ4v) is 2.30. The molecule has 0 amide bonds. The van der Waals surface area contributed by atoms with Gasteiger partial charge in [0, 0.05) is 12.6 Å². The second-order valence-corrected chi connectivity index (χ2v) is 4.46. The van der Waals surface area contributed by atoms with Gasteiger partial charge in [-0.1, -0.05) is 17.7 Å². The monoisotopic (exact) mass is 255 g/mol. The molecule has 1 aromatic rings. The number of anilines is 1. The third-order valence-corrected chi connectivity index (χ3v) is 3.20. The van der Waals surface area contributed by atoms with Crippen molar-refractivity contribution in [2.24, 2.45) is 0 Å². The zero-order valence-corrected chi connectivity index (χ0v) is 10.3. The summed E-state index contributed by atoms with van der Waals surface area (Å²) in [5, 5.41) is 9.49. The molecule has 5 heteroatoms. The summed E-state index contributed by atoms with van der Waals surface area (Å²) in [5.41, 5.74) is 0.837. The van der Waals surface area contributed by atoms with Crippen LogP contribution >= 0.6 is 11.6 Å². The van der Waals surface area contributed by atoms with Gasteiger partial charge >= 0.3 is 5.97 Å². The van der Waals surface area contributed by atoms with Crippen LogP contribution in [0.4, 0.5) is 5.69 Å². The highest BCUT2D eigenvalue weighted by molar-refractivity contribution is 6.34. The molecule has 1 saturated heterocycles. The first kappa shape index (κ1) is 12.2. The molecular weight excluding hydrogens is 242 g/mol. The number of hydrogen-bond acceptors (Lipinski definition) is 3. The highest BCUT2D eigenvalue weighted by atomic mass is 35.5. The SMILES string of the molecule is CC1COCCN1c1cccc(Cl)c1C(=O)O.